The quantitative estimate of drug-likeness (QED) is 0.387. The molecule has 1 aromatic carbocycles. The summed E-state index contributed by atoms with van der Waals surface area (Å²) in [5, 5.41) is 6.41. The van der Waals surface area contributed by atoms with E-state index in [1.54, 1.807) is 0 Å². The molecule has 1 amide bonds. The van der Waals surface area contributed by atoms with Gasteiger partial charge in [-0.15, -0.1) is 0 Å². The van der Waals surface area contributed by atoms with E-state index in [-0.39, 0.29) is 5.91 Å². The summed E-state index contributed by atoms with van der Waals surface area (Å²) in [6, 6.07) is 8.15. The first-order valence-electron chi connectivity index (χ1n) is 11.5. The first-order valence-corrected chi connectivity index (χ1v) is 11.5. The van der Waals surface area contributed by atoms with Gasteiger partial charge in [-0.2, -0.15) is 0 Å². The van der Waals surface area contributed by atoms with Crippen LogP contribution in [0.5, 0.6) is 0 Å². The fourth-order valence-electron chi connectivity index (χ4n) is 3.93. The molecule has 2 unspecified atom stereocenters. The fourth-order valence-corrected chi connectivity index (χ4v) is 3.93. The number of hydrogen-bond acceptors (Lipinski definition) is 3. The van der Waals surface area contributed by atoms with Gasteiger partial charge in [0.15, 0.2) is 5.96 Å². The highest BCUT2D eigenvalue weighted by molar-refractivity contribution is 5.94. The predicted molar refractivity (Wildman–Crippen MR) is 125 cm³/mol. The lowest BCUT2D eigenvalue weighted by molar-refractivity contribution is 0.0953. The first kappa shape index (κ1) is 22.8. The third kappa shape index (κ3) is 6.32. The van der Waals surface area contributed by atoms with Crippen LogP contribution < -0.4 is 10.6 Å². The highest BCUT2D eigenvalue weighted by Gasteiger charge is 2.28. The Balaban J connectivity index is 1.63. The van der Waals surface area contributed by atoms with Crippen LogP contribution in [0.25, 0.3) is 0 Å². The molecular weight excluding hydrogens is 388 g/mol. The van der Waals surface area contributed by atoms with Crippen LogP contribution in [0.1, 0.15) is 62.0 Å². The van der Waals surface area contributed by atoms with Crippen LogP contribution in [0.4, 0.5) is 0 Å². The average molecular weight is 425 g/mol. The molecule has 1 aliphatic rings. The Morgan fingerprint density at radius 2 is 2.03 bits per heavy atom. The molecule has 31 heavy (non-hydrogen) atoms. The maximum absolute atomic E-state index is 12.2. The summed E-state index contributed by atoms with van der Waals surface area (Å²) >= 11 is 0. The highest BCUT2D eigenvalue weighted by Crippen LogP contribution is 2.27. The Bertz CT molecular complexity index is 830. The number of rotatable bonds is 8. The van der Waals surface area contributed by atoms with Crippen molar-refractivity contribution in [2.75, 3.05) is 26.2 Å². The summed E-state index contributed by atoms with van der Waals surface area (Å²) in [6.45, 7) is 10.6. The predicted octanol–water partition coefficient (Wildman–Crippen LogP) is 3.46. The second-order valence-electron chi connectivity index (χ2n) is 8.27. The standard InChI is InChI=1S/C24H36N6O/c1-4-6-12-27-23(31)21-9-7-20(8-10-21)16-28-24(26-5-2)29-14-11-19(3)22(17-29)30-15-13-25-18-30/h7-10,13,15,18-19,22H,4-6,11-12,14,16-17H2,1-3H3,(H,26,28)(H,27,31). The van der Waals surface area contributed by atoms with Crippen LogP contribution in [0.2, 0.25) is 0 Å². The molecule has 7 heteroatoms. The number of benzene rings is 1. The second-order valence-corrected chi connectivity index (χ2v) is 8.27. The van der Waals surface area contributed by atoms with E-state index < -0.39 is 0 Å². The molecule has 2 aromatic rings. The van der Waals surface area contributed by atoms with Gasteiger partial charge in [0.25, 0.3) is 5.91 Å². The Kier molecular flexibility index (Phi) is 8.50. The minimum absolute atomic E-state index is 0.00943. The van der Waals surface area contributed by atoms with Crippen LogP contribution in [0, 0.1) is 5.92 Å². The lowest BCUT2D eigenvalue weighted by Gasteiger charge is -2.39. The van der Waals surface area contributed by atoms with E-state index in [1.165, 1.54) is 0 Å². The molecular formula is C24H36N6O. The van der Waals surface area contributed by atoms with Gasteiger partial charge >= 0.3 is 0 Å². The van der Waals surface area contributed by atoms with Gasteiger partial charge < -0.3 is 20.1 Å². The molecule has 0 saturated carbocycles. The van der Waals surface area contributed by atoms with Gasteiger partial charge in [0, 0.05) is 44.1 Å². The number of amides is 1. The molecule has 7 nitrogen and oxygen atoms in total. The normalized spacial score (nSPS) is 19.3. The van der Waals surface area contributed by atoms with Gasteiger partial charge in [-0.1, -0.05) is 32.4 Å². The monoisotopic (exact) mass is 424 g/mol. The number of carbonyl (C=O) groups is 1. The Morgan fingerprint density at radius 3 is 2.71 bits per heavy atom. The number of imidazole rings is 1. The SMILES string of the molecule is CCCCNC(=O)c1ccc(CN=C(NCC)N2CCC(C)C(n3ccnc3)C2)cc1. The van der Waals surface area contributed by atoms with Crippen LogP contribution >= 0.6 is 0 Å². The Morgan fingerprint density at radius 1 is 1.23 bits per heavy atom. The molecule has 1 aliphatic heterocycles. The summed E-state index contributed by atoms with van der Waals surface area (Å²) in [5.41, 5.74) is 1.79. The highest BCUT2D eigenvalue weighted by atomic mass is 16.1. The van der Waals surface area contributed by atoms with Crippen molar-refractivity contribution in [3.8, 4) is 0 Å². The molecule has 1 fully saturated rings. The number of unbranched alkanes of at least 4 members (excludes halogenated alkanes) is 1. The zero-order valence-corrected chi connectivity index (χ0v) is 19.1. The number of carbonyl (C=O) groups excluding carboxylic acids is 1. The number of nitrogens with one attached hydrogen (secondary N) is 2. The number of nitrogens with zero attached hydrogens (tertiary/aromatic N) is 4. The molecule has 2 atom stereocenters. The number of aliphatic imine (C=N–C) groups is 1. The Hall–Kier alpha value is -2.83. The maximum atomic E-state index is 12.2. The zero-order valence-electron chi connectivity index (χ0n) is 19.1. The molecule has 0 bridgehead atoms. The van der Waals surface area contributed by atoms with Crippen molar-refractivity contribution >= 4 is 11.9 Å². The van der Waals surface area contributed by atoms with Crippen LogP contribution in [-0.4, -0.2) is 52.5 Å². The third-order valence-electron chi connectivity index (χ3n) is 5.90. The number of likely N-dealkylation sites (tertiary alicyclic amines) is 1. The van der Waals surface area contributed by atoms with E-state index in [9.17, 15) is 4.79 Å². The van der Waals surface area contributed by atoms with Crippen molar-refractivity contribution in [3.05, 3.63) is 54.1 Å². The minimum atomic E-state index is -0.00943. The number of guanidine groups is 1. The smallest absolute Gasteiger partial charge is 0.251 e. The molecule has 1 saturated heterocycles. The van der Waals surface area contributed by atoms with E-state index >= 15 is 0 Å². The summed E-state index contributed by atoms with van der Waals surface area (Å²) in [6.07, 6.45) is 9.00. The van der Waals surface area contributed by atoms with Gasteiger partial charge in [-0.3, -0.25) is 4.79 Å². The molecule has 168 valence electrons. The Labute approximate surface area is 186 Å². The molecule has 0 aliphatic carbocycles. The number of hydrogen-bond donors (Lipinski definition) is 2. The van der Waals surface area contributed by atoms with E-state index in [2.05, 4.69) is 52.1 Å². The first-order chi connectivity index (χ1) is 15.1. The maximum Gasteiger partial charge on any atom is 0.251 e. The number of piperidine rings is 1. The van der Waals surface area contributed by atoms with Crippen LogP contribution in [0.3, 0.4) is 0 Å². The lowest BCUT2D eigenvalue weighted by atomic mass is 9.93. The number of aromatic nitrogens is 2. The third-order valence-corrected chi connectivity index (χ3v) is 5.90. The van der Waals surface area contributed by atoms with Crippen molar-refractivity contribution < 1.29 is 4.79 Å². The van der Waals surface area contributed by atoms with Gasteiger partial charge in [-0.25, -0.2) is 9.98 Å². The second kappa shape index (κ2) is 11.5. The van der Waals surface area contributed by atoms with Crippen molar-refractivity contribution in [1.29, 1.82) is 0 Å². The van der Waals surface area contributed by atoms with Crippen molar-refractivity contribution in [3.63, 3.8) is 0 Å². The fraction of sp³-hybridized carbons (Fsp3) is 0.542. The van der Waals surface area contributed by atoms with Crippen molar-refractivity contribution in [2.24, 2.45) is 10.9 Å². The van der Waals surface area contributed by atoms with E-state index in [0.717, 1.165) is 57.0 Å². The molecule has 0 spiro atoms. The topological polar surface area (TPSA) is 74.6 Å². The molecule has 2 heterocycles. The van der Waals surface area contributed by atoms with E-state index in [4.69, 9.17) is 4.99 Å². The molecule has 2 N–H and O–H groups in total. The largest absolute Gasteiger partial charge is 0.357 e. The lowest BCUT2D eigenvalue weighted by Crippen LogP contribution is -2.49. The van der Waals surface area contributed by atoms with E-state index in [0.29, 0.717) is 24.1 Å². The molecule has 0 radical (unpaired) electrons. The summed E-state index contributed by atoms with van der Waals surface area (Å²) < 4.78 is 2.21. The minimum Gasteiger partial charge on any atom is -0.357 e. The molecule has 1 aromatic heterocycles. The summed E-state index contributed by atoms with van der Waals surface area (Å²) in [7, 11) is 0. The van der Waals surface area contributed by atoms with Gasteiger partial charge in [0.05, 0.1) is 18.9 Å². The van der Waals surface area contributed by atoms with Crippen LogP contribution in [0.15, 0.2) is 48.0 Å². The van der Waals surface area contributed by atoms with Gasteiger partial charge in [0.2, 0.25) is 0 Å². The van der Waals surface area contributed by atoms with Crippen LogP contribution in [-0.2, 0) is 6.54 Å². The summed E-state index contributed by atoms with van der Waals surface area (Å²) in [4.78, 5) is 23.6. The van der Waals surface area contributed by atoms with Crippen molar-refractivity contribution in [2.45, 2.75) is 52.6 Å². The van der Waals surface area contributed by atoms with Gasteiger partial charge in [-0.05, 0) is 43.4 Å². The van der Waals surface area contributed by atoms with E-state index in [1.807, 2.05) is 36.8 Å². The molecule has 3 rings (SSSR count). The van der Waals surface area contributed by atoms with Crippen molar-refractivity contribution in [1.82, 2.24) is 25.1 Å². The summed E-state index contributed by atoms with van der Waals surface area (Å²) in [5.74, 6) is 1.54. The zero-order chi connectivity index (χ0) is 22.1. The average Bonchev–Trinajstić information content (AvgIpc) is 3.32. The van der Waals surface area contributed by atoms with Gasteiger partial charge in [0.1, 0.15) is 0 Å².